The number of carbonyl (C=O) groups is 1. The minimum Gasteiger partial charge on any atom is -0.496 e. The van der Waals surface area contributed by atoms with E-state index in [2.05, 4.69) is 0 Å². The first kappa shape index (κ1) is 14.6. The Kier molecular flexibility index (Phi) is 4.16. The molecule has 0 amide bonds. The van der Waals surface area contributed by atoms with Crippen molar-refractivity contribution in [1.29, 1.82) is 0 Å². The van der Waals surface area contributed by atoms with Crippen LogP contribution in [0, 0.1) is 5.82 Å². The molecule has 1 saturated carbocycles. The fourth-order valence-electron chi connectivity index (χ4n) is 3.08. The van der Waals surface area contributed by atoms with Gasteiger partial charge in [-0.1, -0.05) is 19.3 Å². The third-order valence-electron chi connectivity index (χ3n) is 4.07. The topological polar surface area (TPSA) is 55.8 Å². The van der Waals surface area contributed by atoms with Crippen LogP contribution in [0.25, 0.3) is 0 Å². The molecule has 5 heteroatoms. The Hall–Kier alpha value is -1.78. The first-order valence-corrected chi connectivity index (χ1v) is 6.70. The number of halogens is 1. The van der Waals surface area contributed by atoms with E-state index in [9.17, 15) is 14.3 Å². The zero-order valence-electron chi connectivity index (χ0n) is 11.7. The molecule has 0 saturated heterocycles. The Morgan fingerprint density at radius 2 is 1.65 bits per heavy atom. The summed E-state index contributed by atoms with van der Waals surface area (Å²) in [5.41, 5.74) is -0.598. The molecule has 4 nitrogen and oxygen atoms in total. The predicted molar refractivity (Wildman–Crippen MR) is 71.9 cm³/mol. The molecule has 1 aliphatic rings. The van der Waals surface area contributed by atoms with Crippen LogP contribution < -0.4 is 9.47 Å². The lowest BCUT2D eigenvalue weighted by molar-refractivity contribution is -0.145. The summed E-state index contributed by atoms with van der Waals surface area (Å²) in [5.74, 6) is -0.920. The summed E-state index contributed by atoms with van der Waals surface area (Å²) >= 11 is 0. The first-order valence-electron chi connectivity index (χ1n) is 6.70. The highest BCUT2D eigenvalue weighted by molar-refractivity contribution is 5.84. The van der Waals surface area contributed by atoms with Crippen LogP contribution in [-0.4, -0.2) is 25.3 Å². The highest BCUT2D eigenvalue weighted by Gasteiger charge is 2.45. The van der Waals surface area contributed by atoms with E-state index in [0.717, 1.165) is 19.3 Å². The molecule has 0 radical (unpaired) electrons. The molecule has 0 atom stereocenters. The van der Waals surface area contributed by atoms with E-state index in [1.807, 2.05) is 0 Å². The van der Waals surface area contributed by atoms with E-state index in [4.69, 9.17) is 9.47 Å². The van der Waals surface area contributed by atoms with Gasteiger partial charge in [0.15, 0.2) is 0 Å². The molecular formula is C15H19FO4. The summed E-state index contributed by atoms with van der Waals surface area (Å²) in [4.78, 5) is 11.9. The number of ether oxygens (including phenoxy) is 2. The average molecular weight is 282 g/mol. The number of carboxylic acids is 1. The standard InChI is InChI=1S/C15H19FO4/c1-19-11-8-10(16)9-12(20-2)13(11)15(14(17)18)6-4-3-5-7-15/h8-9H,3-7H2,1-2H3,(H,17,18). The normalized spacial score (nSPS) is 17.6. The number of aliphatic carboxylic acids is 1. The summed E-state index contributed by atoms with van der Waals surface area (Å²) in [6, 6.07) is 2.44. The van der Waals surface area contributed by atoms with Gasteiger partial charge in [-0.25, -0.2) is 4.39 Å². The highest BCUT2D eigenvalue weighted by Crippen LogP contribution is 2.48. The molecule has 0 aliphatic heterocycles. The van der Waals surface area contributed by atoms with E-state index in [-0.39, 0.29) is 11.5 Å². The van der Waals surface area contributed by atoms with Crippen molar-refractivity contribution in [2.45, 2.75) is 37.5 Å². The zero-order valence-corrected chi connectivity index (χ0v) is 11.7. The lowest BCUT2D eigenvalue weighted by Gasteiger charge is -2.35. The number of benzene rings is 1. The van der Waals surface area contributed by atoms with E-state index >= 15 is 0 Å². The molecule has 0 spiro atoms. The van der Waals surface area contributed by atoms with Crippen molar-refractivity contribution in [3.63, 3.8) is 0 Å². The van der Waals surface area contributed by atoms with Gasteiger partial charge in [-0.2, -0.15) is 0 Å². The first-order chi connectivity index (χ1) is 9.55. The summed E-state index contributed by atoms with van der Waals surface area (Å²) in [6.07, 6.45) is 3.70. The third-order valence-corrected chi connectivity index (χ3v) is 4.07. The Bertz CT molecular complexity index is 482. The Balaban J connectivity index is 2.66. The molecular weight excluding hydrogens is 263 g/mol. The summed E-state index contributed by atoms with van der Waals surface area (Å²) in [6.45, 7) is 0. The van der Waals surface area contributed by atoms with Crippen molar-refractivity contribution in [1.82, 2.24) is 0 Å². The molecule has 0 unspecified atom stereocenters. The second-order valence-electron chi connectivity index (χ2n) is 5.13. The van der Waals surface area contributed by atoms with Crippen LogP contribution in [0.2, 0.25) is 0 Å². The van der Waals surface area contributed by atoms with Gasteiger partial charge in [-0.05, 0) is 12.8 Å². The molecule has 110 valence electrons. The third kappa shape index (κ3) is 2.32. The maximum atomic E-state index is 13.6. The van der Waals surface area contributed by atoms with Gasteiger partial charge < -0.3 is 14.6 Å². The Morgan fingerprint density at radius 1 is 1.15 bits per heavy atom. The second kappa shape index (κ2) is 5.69. The maximum Gasteiger partial charge on any atom is 0.314 e. The number of hydrogen-bond donors (Lipinski definition) is 1. The summed E-state index contributed by atoms with van der Waals surface area (Å²) < 4.78 is 24.0. The molecule has 0 aromatic heterocycles. The maximum absolute atomic E-state index is 13.6. The fraction of sp³-hybridized carbons (Fsp3) is 0.533. The second-order valence-corrected chi connectivity index (χ2v) is 5.13. The van der Waals surface area contributed by atoms with E-state index in [1.54, 1.807) is 0 Å². The van der Waals surface area contributed by atoms with Gasteiger partial charge in [0.2, 0.25) is 0 Å². The lowest BCUT2D eigenvalue weighted by Crippen LogP contribution is -2.38. The lowest BCUT2D eigenvalue weighted by atomic mass is 9.68. The van der Waals surface area contributed by atoms with Crippen LogP contribution >= 0.6 is 0 Å². The molecule has 1 N–H and O–H groups in total. The van der Waals surface area contributed by atoms with Gasteiger partial charge in [0, 0.05) is 12.1 Å². The minimum absolute atomic E-state index is 0.242. The molecule has 1 fully saturated rings. The van der Waals surface area contributed by atoms with Crippen LogP contribution in [0.4, 0.5) is 4.39 Å². The van der Waals surface area contributed by atoms with Gasteiger partial charge in [-0.3, -0.25) is 4.79 Å². The van der Waals surface area contributed by atoms with Crippen molar-refractivity contribution in [3.8, 4) is 11.5 Å². The van der Waals surface area contributed by atoms with E-state index < -0.39 is 17.2 Å². The van der Waals surface area contributed by atoms with Gasteiger partial charge >= 0.3 is 5.97 Å². The van der Waals surface area contributed by atoms with Crippen LogP contribution in [0.15, 0.2) is 12.1 Å². The zero-order chi connectivity index (χ0) is 14.8. The van der Waals surface area contributed by atoms with Crippen LogP contribution in [0.5, 0.6) is 11.5 Å². The quantitative estimate of drug-likeness (QED) is 0.921. The number of methoxy groups -OCH3 is 2. The van der Waals surface area contributed by atoms with Crippen LogP contribution in [0.1, 0.15) is 37.7 Å². The number of rotatable bonds is 4. The van der Waals surface area contributed by atoms with Gasteiger partial charge in [0.25, 0.3) is 0 Å². The minimum atomic E-state index is -1.05. The van der Waals surface area contributed by atoms with Crippen molar-refractivity contribution < 1.29 is 23.8 Å². The summed E-state index contributed by atoms with van der Waals surface area (Å²) in [5, 5.41) is 9.75. The van der Waals surface area contributed by atoms with Gasteiger partial charge in [-0.15, -0.1) is 0 Å². The molecule has 0 heterocycles. The summed E-state index contributed by atoms with van der Waals surface area (Å²) in [7, 11) is 2.83. The molecule has 1 aromatic rings. The van der Waals surface area contributed by atoms with E-state index in [1.165, 1.54) is 26.4 Å². The predicted octanol–water partition coefficient (Wildman–Crippen LogP) is 3.13. The van der Waals surface area contributed by atoms with Gasteiger partial charge in [0.1, 0.15) is 17.3 Å². The van der Waals surface area contributed by atoms with E-state index in [0.29, 0.717) is 18.4 Å². The average Bonchev–Trinajstić information content (AvgIpc) is 2.46. The molecule has 1 aromatic carbocycles. The van der Waals surface area contributed by atoms with Crippen LogP contribution in [0.3, 0.4) is 0 Å². The monoisotopic (exact) mass is 282 g/mol. The highest BCUT2D eigenvalue weighted by atomic mass is 19.1. The van der Waals surface area contributed by atoms with Crippen molar-refractivity contribution in [2.24, 2.45) is 0 Å². The van der Waals surface area contributed by atoms with Crippen molar-refractivity contribution >= 4 is 5.97 Å². The van der Waals surface area contributed by atoms with Gasteiger partial charge in [0.05, 0.1) is 25.2 Å². The van der Waals surface area contributed by atoms with Crippen molar-refractivity contribution in [2.75, 3.05) is 14.2 Å². The molecule has 1 aliphatic carbocycles. The van der Waals surface area contributed by atoms with Crippen molar-refractivity contribution in [3.05, 3.63) is 23.5 Å². The largest absolute Gasteiger partial charge is 0.496 e. The Morgan fingerprint density at radius 3 is 2.05 bits per heavy atom. The Labute approximate surface area is 117 Å². The molecule has 0 bridgehead atoms. The SMILES string of the molecule is COc1cc(F)cc(OC)c1C1(C(=O)O)CCCCC1. The number of carboxylic acid groups (broad SMARTS) is 1. The molecule has 2 rings (SSSR count). The number of hydrogen-bond acceptors (Lipinski definition) is 3. The van der Waals surface area contributed by atoms with Crippen LogP contribution in [-0.2, 0) is 10.2 Å². The smallest absolute Gasteiger partial charge is 0.314 e. The molecule has 20 heavy (non-hydrogen) atoms. The fourth-order valence-corrected chi connectivity index (χ4v) is 3.08.